The number of benzene rings is 2. The second kappa shape index (κ2) is 11.5. The van der Waals surface area contributed by atoms with Crippen LogP contribution in [0.15, 0.2) is 33.2 Å². The van der Waals surface area contributed by atoms with Gasteiger partial charge >= 0.3 is 0 Å². The van der Waals surface area contributed by atoms with Crippen molar-refractivity contribution in [1.29, 1.82) is 0 Å². The summed E-state index contributed by atoms with van der Waals surface area (Å²) in [6.45, 7) is 0. The largest absolute Gasteiger partial charge is 0.298 e. The van der Waals surface area contributed by atoms with Crippen molar-refractivity contribution in [3.05, 3.63) is 67.1 Å². The van der Waals surface area contributed by atoms with E-state index in [0.29, 0.717) is 0 Å². The van der Waals surface area contributed by atoms with Crippen LogP contribution in [0.3, 0.4) is 0 Å². The molecule has 0 aromatic heterocycles. The van der Waals surface area contributed by atoms with Crippen LogP contribution in [0.25, 0.3) is 0 Å². The summed E-state index contributed by atoms with van der Waals surface area (Å²) in [6, 6.07) is 4.66. The predicted octanol–water partition coefficient (Wildman–Crippen LogP) is 6.50. The molecule has 0 heterocycles. The fourth-order valence-electron chi connectivity index (χ4n) is 2.12. The smallest absolute Gasteiger partial charge is 0.277 e. The Morgan fingerprint density at radius 2 is 1.43 bits per heavy atom. The Balaban J connectivity index is 0.000000311. The van der Waals surface area contributed by atoms with Crippen molar-refractivity contribution in [3.63, 3.8) is 0 Å². The molecule has 164 valence electrons. The molecule has 0 saturated carbocycles. The van der Waals surface area contributed by atoms with E-state index < -0.39 is 47.1 Å². The Morgan fingerprint density at radius 1 is 0.967 bits per heavy atom. The van der Waals surface area contributed by atoms with E-state index in [1.54, 1.807) is 0 Å². The van der Waals surface area contributed by atoms with Crippen molar-refractivity contribution in [3.8, 4) is 0 Å². The number of nitrogens with zero attached hydrogens (tertiary/aromatic N) is 1. The van der Waals surface area contributed by atoms with Crippen molar-refractivity contribution in [2.45, 2.75) is 12.9 Å². The van der Waals surface area contributed by atoms with Crippen LogP contribution in [0.5, 0.6) is 0 Å². The lowest BCUT2D eigenvalue weighted by molar-refractivity contribution is -0.0759. The van der Waals surface area contributed by atoms with Gasteiger partial charge in [0.15, 0.2) is 6.29 Å². The van der Waals surface area contributed by atoms with E-state index >= 15 is 0 Å². The molecule has 0 bridgehead atoms. The first-order valence-electron chi connectivity index (χ1n) is 7.77. The fourth-order valence-corrected chi connectivity index (χ4v) is 2.82. The van der Waals surface area contributed by atoms with Crippen LogP contribution in [0, 0.1) is 11.6 Å². The molecule has 2 rings (SSSR count). The third-order valence-electron chi connectivity index (χ3n) is 3.65. The average Bonchev–Trinajstić information content (AvgIpc) is 2.70. The number of rotatable bonds is 5. The van der Waals surface area contributed by atoms with Crippen molar-refractivity contribution >= 4 is 44.1 Å². The first-order valence-corrected chi connectivity index (χ1v) is 9.35. The van der Waals surface area contributed by atoms with Gasteiger partial charge in [0, 0.05) is 12.6 Å². The molecule has 0 aliphatic heterocycles. The zero-order valence-corrected chi connectivity index (χ0v) is 18.4. The molecule has 0 aliphatic rings. The number of carbonyl (C=O) groups is 2. The van der Waals surface area contributed by atoms with Crippen LogP contribution >= 0.6 is 31.9 Å². The maximum atomic E-state index is 13.5. The lowest BCUT2D eigenvalue weighted by Crippen LogP contribution is -2.26. The summed E-state index contributed by atoms with van der Waals surface area (Å²) >= 11 is 5.54. The van der Waals surface area contributed by atoms with Crippen LogP contribution in [0.1, 0.15) is 44.7 Å². The van der Waals surface area contributed by atoms with Crippen molar-refractivity contribution in [2.24, 2.45) is 0 Å². The van der Waals surface area contributed by atoms with Crippen LogP contribution in [-0.2, 0) is 4.84 Å². The Kier molecular flexibility index (Phi) is 9.98. The van der Waals surface area contributed by atoms with E-state index in [1.165, 1.54) is 26.3 Å². The maximum Gasteiger partial charge on any atom is 0.277 e. The lowest BCUT2D eigenvalue weighted by atomic mass is 10.1. The number of hydrogen-bond donors (Lipinski definition) is 0. The van der Waals surface area contributed by atoms with Gasteiger partial charge in [-0.1, -0.05) is 0 Å². The molecular weight excluding hydrogens is 552 g/mol. The quantitative estimate of drug-likeness (QED) is 0.237. The van der Waals surface area contributed by atoms with Gasteiger partial charge in [-0.2, -0.15) is 0 Å². The second-order valence-corrected chi connectivity index (χ2v) is 7.10. The van der Waals surface area contributed by atoms with Crippen LogP contribution in [0.2, 0.25) is 0 Å². The topological polar surface area (TPSA) is 46.6 Å². The number of alkyl halides is 4. The minimum atomic E-state index is -3.09. The monoisotopic (exact) mass is 563 g/mol. The molecule has 0 radical (unpaired) electrons. The van der Waals surface area contributed by atoms with Gasteiger partial charge < -0.3 is 0 Å². The molecule has 2 aromatic rings. The highest BCUT2D eigenvalue weighted by Crippen LogP contribution is 2.31. The van der Waals surface area contributed by atoms with Gasteiger partial charge in [0.05, 0.1) is 32.7 Å². The summed E-state index contributed by atoms with van der Waals surface area (Å²) in [4.78, 5) is 26.5. The molecule has 0 aliphatic carbocycles. The van der Waals surface area contributed by atoms with E-state index in [4.69, 9.17) is 0 Å². The third kappa shape index (κ3) is 6.05. The number of carbonyl (C=O) groups excluding carboxylic acids is 2. The van der Waals surface area contributed by atoms with Crippen LogP contribution < -0.4 is 0 Å². The molecule has 12 heteroatoms. The minimum absolute atomic E-state index is 0.0756. The molecule has 2 aromatic carbocycles. The minimum Gasteiger partial charge on any atom is -0.298 e. The Morgan fingerprint density at radius 3 is 1.87 bits per heavy atom. The molecule has 4 nitrogen and oxygen atoms in total. The highest BCUT2D eigenvalue weighted by molar-refractivity contribution is 9.10. The first-order chi connectivity index (χ1) is 14.0. The SMILES string of the molecule is CON(C)C(=O)c1ccc(Br)c(F)c1C(F)F.O=Cc1ccc(Br)c(F)c1C(F)F. The van der Waals surface area contributed by atoms with E-state index in [1.807, 2.05) is 0 Å². The van der Waals surface area contributed by atoms with Gasteiger partial charge in [-0.25, -0.2) is 31.4 Å². The van der Waals surface area contributed by atoms with Gasteiger partial charge in [-0.15, -0.1) is 0 Å². The Hall–Kier alpha value is -1.92. The third-order valence-corrected chi connectivity index (χ3v) is 4.88. The van der Waals surface area contributed by atoms with Gasteiger partial charge in [-0.3, -0.25) is 14.4 Å². The number of halogens is 8. The molecule has 30 heavy (non-hydrogen) atoms. The summed E-state index contributed by atoms with van der Waals surface area (Å²) < 4.78 is 76.2. The molecule has 0 N–H and O–H groups in total. The second-order valence-electron chi connectivity index (χ2n) is 5.39. The molecule has 0 atom stereocenters. The summed E-state index contributed by atoms with van der Waals surface area (Å²) in [5, 5.41) is 0.745. The highest BCUT2D eigenvalue weighted by Gasteiger charge is 2.26. The molecule has 1 amide bonds. The normalized spacial score (nSPS) is 10.7. The van der Waals surface area contributed by atoms with Gasteiger partial charge in [0.1, 0.15) is 11.6 Å². The summed E-state index contributed by atoms with van der Waals surface area (Å²) in [6.07, 6.45) is -5.87. The number of hydroxylamine groups is 2. The molecule has 0 spiro atoms. The van der Waals surface area contributed by atoms with E-state index in [-0.39, 0.29) is 20.8 Å². The lowest BCUT2D eigenvalue weighted by Gasteiger charge is -2.16. The zero-order valence-electron chi connectivity index (χ0n) is 15.2. The number of hydrogen-bond acceptors (Lipinski definition) is 3. The fraction of sp³-hybridized carbons (Fsp3) is 0.222. The van der Waals surface area contributed by atoms with Gasteiger partial charge in [-0.05, 0) is 56.1 Å². The Labute approximate surface area is 184 Å². The van der Waals surface area contributed by atoms with Gasteiger partial charge in [0.25, 0.3) is 18.8 Å². The van der Waals surface area contributed by atoms with Crippen LogP contribution in [-0.4, -0.2) is 31.4 Å². The van der Waals surface area contributed by atoms with Crippen molar-refractivity contribution < 1.29 is 40.8 Å². The molecule has 0 fully saturated rings. The average molecular weight is 565 g/mol. The summed E-state index contributed by atoms with van der Waals surface area (Å²) in [5.41, 5.74) is -2.54. The first kappa shape index (κ1) is 26.1. The van der Waals surface area contributed by atoms with E-state index in [2.05, 4.69) is 36.7 Å². The van der Waals surface area contributed by atoms with Crippen molar-refractivity contribution in [1.82, 2.24) is 5.06 Å². The van der Waals surface area contributed by atoms with Crippen molar-refractivity contribution in [2.75, 3.05) is 14.2 Å². The summed E-state index contributed by atoms with van der Waals surface area (Å²) in [7, 11) is 2.45. The predicted molar refractivity (Wildman–Crippen MR) is 103 cm³/mol. The summed E-state index contributed by atoms with van der Waals surface area (Å²) in [5.74, 6) is -3.07. The number of amides is 1. The maximum absolute atomic E-state index is 13.5. The van der Waals surface area contributed by atoms with E-state index in [0.717, 1.165) is 17.2 Å². The number of aldehydes is 1. The van der Waals surface area contributed by atoms with Gasteiger partial charge in [0.2, 0.25) is 0 Å². The standard InChI is InChI=1S/C10H9BrF3NO2.C8H4BrF3O/c1-15(17-2)10(16)5-3-4-6(11)8(12)7(5)9(13)14;9-5-2-1-4(3-13)6(7(5)10)8(11)12/h3-4,9H,1-2H3;1-3,8H. The van der Waals surface area contributed by atoms with E-state index in [9.17, 15) is 35.9 Å². The molecule has 0 saturated heterocycles. The molecule has 0 unspecified atom stereocenters. The Bertz CT molecular complexity index is 927. The highest BCUT2D eigenvalue weighted by atomic mass is 79.9. The van der Waals surface area contributed by atoms with Crippen LogP contribution in [0.4, 0.5) is 26.3 Å². The zero-order chi connectivity index (χ0) is 23.2. The molecular formula is C18H13Br2F6NO3.